The van der Waals surface area contributed by atoms with Crippen LogP contribution in [-0.2, 0) is 0 Å². The van der Waals surface area contributed by atoms with Gasteiger partial charge in [0.2, 0.25) is 0 Å². The summed E-state index contributed by atoms with van der Waals surface area (Å²) in [6.07, 6.45) is 0. The Morgan fingerprint density at radius 2 is 1.08 bits per heavy atom. The van der Waals surface area contributed by atoms with Gasteiger partial charge in [-0.2, -0.15) is 0 Å². The van der Waals surface area contributed by atoms with Crippen LogP contribution < -0.4 is 9.47 Å². The van der Waals surface area contributed by atoms with Crippen molar-refractivity contribution in [3.05, 3.63) is 58.7 Å². The molecule has 0 radical (unpaired) electrons. The van der Waals surface area contributed by atoms with Gasteiger partial charge >= 0.3 is 0 Å². The third kappa shape index (κ3) is 3.69. The molecule has 2 aromatic rings. The Bertz CT molecular complexity index is 822. The lowest BCUT2D eigenvalue weighted by Crippen LogP contribution is -2.09. The van der Waals surface area contributed by atoms with Gasteiger partial charge in [0.1, 0.15) is 0 Å². The molecule has 0 amide bonds. The second kappa shape index (κ2) is 7.74. The fourth-order valence-electron chi connectivity index (χ4n) is 2.41. The number of ketones is 2. The van der Waals surface area contributed by atoms with E-state index in [0.29, 0.717) is 11.1 Å². The first-order chi connectivity index (χ1) is 12.3. The highest BCUT2D eigenvalue weighted by atomic mass is 16.5. The Balaban J connectivity index is 2.38. The minimum Gasteiger partial charge on any atom is -0.504 e. The molecule has 2 aromatic carbocycles. The van der Waals surface area contributed by atoms with Crippen molar-refractivity contribution in [2.24, 2.45) is 0 Å². The maximum atomic E-state index is 12.7. The molecule has 136 valence electrons. The zero-order valence-corrected chi connectivity index (χ0v) is 15.0. The number of methoxy groups -OCH3 is 2. The Morgan fingerprint density at radius 1 is 0.731 bits per heavy atom. The quantitative estimate of drug-likeness (QED) is 0.608. The summed E-state index contributed by atoms with van der Waals surface area (Å²) in [6.45, 7) is 3.12. The molecule has 26 heavy (non-hydrogen) atoms. The molecule has 6 nitrogen and oxygen atoms in total. The van der Waals surface area contributed by atoms with Gasteiger partial charge in [-0.1, -0.05) is 0 Å². The molecule has 0 bridgehead atoms. The molecule has 0 fully saturated rings. The number of hydrogen-bond donors (Lipinski definition) is 2. The van der Waals surface area contributed by atoms with Gasteiger partial charge in [0.15, 0.2) is 34.6 Å². The summed E-state index contributed by atoms with van der Waals surface area (Å²) >= 11 is 0. The smallest absolute Gasteiger partial charge is 0.189 e. The fraction of sp³-hybridized carbons (Fsp3) is 0.200. The third-order valence-electron chi connectivity index (χ3n) is 4.13. The van der Waals surface area contributed by atoms with Crippen LogP contribution in [-0.4, -0.2) is 36.0 Å². The molecule has 0 heterocycles. The van der Waals surface area contributed by atoms with Crippen LogP contribution in [0.4, 0.5) is 0 Å². The van der Waals surface area contributed by atoms with Gasteiger partial charge in [0.05, 0.1) is 14.2 Å². The predicted octanol–water partition coefficient (Wildman–Crippen LogP) is 3.52. The number of carbonyl (C=O) groups excluding carboxylic acids is 2. The lowest BCUT2D eigenvalue weighted by molar-refractivity contribution is 0.0999. The first-order valence-electron chi connectivity index (χ1n) is 7.81. The molecule has 6 heteroatoms. The first kappa shape index (κ1) is 19.1. The lowest BCUT2D eigenvalue weighted by Gasteiger charge is -2.10. The molecule has 2 N–H and O–H groups in total. The lowest BCUT2D eigenvalue weighted by atomic mass is 9.95. The molecular weight excluding hydrogens is 336 g/mol. The molecule has 0 aliphatic heterocycles. The van der Waals surface area contributed by atoms with Crippen LogP contribution in [0.1, 0.15) is 34.6 Å². The van der Waals surface area contributed by atoms with Gasteiger partial charge in [-0.05, 0) is 50.2 Å². The van der Waals surface area contributed by atoms with Crippen molar-refractivity contribution in [1.82, 2.24) is 0 Å². The topological polar surface area (TPSA) is 93.1 Å². The minimum atomic E-state index is -0.347. The van der Waals surface area contributed by atoms with E-state index in [0.717, 1.165) is 0 Å². The molecule has 0 aliphatic rings. The summed E-state index contributed by atoms with van der Waals surface area (Å²) in [6, 6.07) is 8.49. The number of ether oxygens (including phenoxy) is 2. The number of benzene rings is 2. The highest BCUT2D eigenvalue weighted by Crippen LogP contribution is 2.29. The van der Waals surface area contributed by atoms with E-state index in [4.69, 9.17) is 9.47 Å². The van der Waals surface area contributed by atoms with E-state index >= 15 is 0 Å². The van der Waals surface area contributed by atoms with Gasteiger partial charge < -0.3 is 19.7 Å². The number of phenolic OH excluding ortho intramolecular Hbond substituents is 2. The number of allylic oxidation sites excluding steroid dienone is 2. The van der Waals surface area contributed by atoms with E-state index in [1.165, 1.54) is 50.6 Å². The summed E-state index contributed by atoms with van der Waals surface area (Å²) < 4.78 is 10.0. The summed E-state index contributed by atoms with van der Waals surface area (Å²) in [5, 5.41) is 19.3. The van der Waals surface area contributed by atoms with E-state index in [1.54, 1.807) is 13.8 Å². The molecule has 0 spiro atoms. The van der Waals surface area contributed by atoms with Gasteiger partial charge in [-0.3, -0.25) is 9.59 Å². The second-order valence-electron chi connectivity index (χ2n) is 5.68. The van der Waals surface area contributed by atoms with Gasteiger partial charge in [0, 0.05) is 22.3 Å². The molecule has 0 unspecified atom stereocenters. The van der Waals surface area contributed by atoms with Crippen molar-refractivity contribution >= 4 is 11.6 Å². The number of rotatable bonds is 6. The van der Waals surface area contributed by atoms with Crippen LogP contribution in [0.15, 0.2) is 47.5 Å². The van der Waals surface area contributed by atoms with Crippen molar-refractivity contribution < 1.29 is 29.3 Å². The van der Waals surface area contributed by atoms with Crippen LogP contribution >= 0.6 is 0 Å². The van der Waals surface area contributed by atoms with E-state index in [9.17, 15) is 19.8 Å². The van der Waals surface area contributed by atoms with Gasteiger partial charge in [0.25, 0.3) is 0 Å². The highest BCUT2D eigenvalue weighted by molar-refractivity contribution is 6.17. The number of phenols is 2. The maximum Gasteiger partial charge on any atom is 0.189 e. The van der Waals surface area contributed by atoms with Crippen LogP contribution in [0.25, 0.3) is 0 Å². The fourth-order valence-corrected chi connectivity index (χ4v) is 2.41. The Kier molecular flexibility index (Phi) is 5.67. The molecular formula is C20H20O6. The number of Topliss-reactive ketones (excluding diaryl/α,β-unsaturated/α-hetero) is 2. The van der Waals surface area contributed by atoms with Crippen molar-refractivity contribution in [3.63, 3.8) is 0 Å². The summed E-state index contributed by atoms with van der Waals surface area (Å²) in [7, 11) is 2.78. The third-order valence-corrected chi connectivity index (χ3v) is 4.13. The van der Waals surface area contributed by atoms with Gasteiger partial charge in [-0.15, -0.1) is 0 Å². The number of aromatic hydroxyl groups is 2. The first-order valence-corrected chi connectivity index (χ1v) is 7.81. The molecule has 0 aromatic heterocycles. The zero-order chi connectivity index (χ0) is 19.4. The molecule has 0 aliphatic carbocycles. The summed E-state index contributed by atoms with van der Waals surface area (Å²) in [5.41, 5.74) is 1.14. The van der Waals surface area contributed by atoms with E-state index in [-0.39, 0.29) is 45.7 Å². The number of hydrogen-bond acceptors (Lipinski definition) is 6. The monoisotopic (exact) mass is 356 g/mol. The van der Waals surface area contributed by atoms with Crippen molar-refractivity contribution in [1.29, 1.82) is 0 Å². The van der Waals surface area contributed by atoms with Crippen LogP contribution in [0.2, 0.25) is 0 Å². The predicted molar refractivity (Wildman–Crippen MR) is 96.4 cm³/mol. The zero-order valence-electron chi connectivity index (χ0n) is 15.0. The summed E-state index contributed by atoms with van der Waals surface area (Å²) in [4.78, 5) is 25.3. The molecule has 0 atom stereocenters. The highest BCUT2D eigenvalue weighted by Gasteiger charge is 2.19. The van der Waals surface area contributed by atoms with Crippen LogP contribution in [0, 0.1) is 0 Å². The Morgan fingerprint density at radius 3 is 1.38 bits per heavy atom. The normalized spacial score (nSPS) is 11.5. The maximum absolute atomic E-state index is 12.7. The SMILES string of the molecule is COc1cc(C(=O)C(C)=C(C)C(=O)c2ccc(O)c(OC)c2)ccc1O. The van der Waals surface area contributed by atoms with Gasteiger partial charge in [-0.25, -0.2) is 0 Å². The average Bonchev–Trinajstić information content (AvgIpc) is 2.66. The van der Waals surface area contributed by atoms with E-state index in [1.807, 2.05) is 0 Å². The Labute approximate surface area is 151 Å². The number of carbonyl (C=O) groups is 2. The van der Waals surface area contributed by atoms with E-state index in [2.05, 4.69) is 0 Å². The van der Waals surface area contributed by atoms with Crippen LogP contribution in [0.5, 0.6) is 23.0 Å². The standard InChI is InChI=1S/C20H20O6/c1-11(19(23)13-5-7-15(21)17(9-13)25-3)12(2)20(24)14-6-8-16(22)18(10-14)26-4/h5-10,21-22H,1-4H3. The van der Waals surface area contributed by atoms with Crippen molar-refractivity contribution in [3.8, 4) is 23.0 Å². The Hall–Kier alpha value is -3.28. The largest absolute Gasteiger partial charge is 0.504 e. The molecule has 0 saturated heterocycles. The van der Waals surface area contributed by atoms with Crippen molar-refractivity contribution in [2.45, 2.75) is 13.8 Å². The molecule has 2 rings (SSSR count). The minimum absolute atomic E-state index is 0.0744. The summed E-state index contributed by atoms with van der Waals surface area (Å²) in [5.74, 6) is -0.490. The second-order valence-corrected chi connectivity index (χ2v) is 5.68. The van der Waals surface area contributed by atoms with Crippen LogP contribution in [0.3, 0.4) is 0 Å². The van der Waals surface area contributed by atoms with E-state index < -0.39 is 0 Å². The molecule has 0 saturated carbocycles. The average molecular weight is 356 g/mol. The van der Waals surface area contributed by atoms with Crippen molar-refractivity contribution in [2.75, 3.05) is 14.2 Å².